The molecule has 0 atom stereocenters. The second kappa shape index (κ2) is 5.66. The number of nitrogens with one attached hydrogen (secondary N) is 1. The number of aromatic nitrogens is 2. The molecular weight excluding hydrogens is 280 g/mol. The molecule has 2 aromatic rings. The number of benzene rings is 1. The van der Waals surface area contributed by atoms with E-state index in [9.17, 15) is 8.42 Å². The van der Waals surface area contributed by atoms with Crippen molar-refractivity contribution in [2.75, 3.05) is 6.61 Å². The highest BCUT2D eigenvalue weighted by Crippen LogP contribution is 2.17. The molecule has 1 heterocycles. The van der Waals surface area contributed by atoms with Gasteiger partial charge in [0.15, 0.2) is 0 Å². The smallest absolute Gasteiger partial charge is 0.294 e. The molecular formula is C10H13ClN2O4S. The van der Waals surface area contributed by atoms with E-state index >= 15 is 0 Å². The van der Waals surface area contributed by atoms with Gasteiger partial charge in [0.05, 0.1) is 15.9 Å². The first-order valence-electron chi connectivity index (χ1n) is 5.08. The SMILES string of the molecule is Cl.O=S(=O)(O)c1ccc2nc(CCCO)[nH]c2c1. The van der Waals surface area contributed by atoms with E-state index in [0.29, 0.717) is 29.7 Å². The molecule has 0 saturated carbocycles. The van der Waals surface area contributed by atoms with Gasteiger partial charge in [0.1, 0.15) is 5.82 Å². The van der Waals surface area contributed by atoms with E-state index in [1.807, 2.05) is 0 Å². The minimum absolute atomic E-state index is 0. The Bertz CT molecular complexity index is 638. The van der Waals surface area contributed by atoms with Crippen LogP contribution in [0.5, 0.6) is 0 Å². The quantitative estimate of drug-likeness (QED) is 0.734. The summed E-state index contributed by atoms with van der Waals surface area (Å²) in [5, 5.41) is 8.70. The fraction of sp³-hybridized carbons (Fsp3) is 0.300. The Morgan fingerprint density at radius 1 is 1.33 bits per heavy atom. The van der Waals surface area contributed by atoms with Gasteiger partial charge in [-0.2, -0.15) is 8.42 Å². The number of H-pyrrole nitrogens is 1. The summed E-state index contributed by atoms with van der Waals surface area (Å²) in [7, 11) is -4.19. The topological polar surface area (TPSA) is 103 Å². The number of aromatic amines is 1. The van der Waals surface area contributed by atoms with Gasteiger partial charge in [0.2, 0.25) is 0 Å². The molecule has 0 unspecified atom stereocenters. The molecule has 2 rings (SSSR count). The van der Waals surface area contributed by atoms with Crippen LogP contribution in [0.3, 0.4) is 0 Å². The highest BCUT2D eigenvalue weighted by molar-refractivity contribution is 7.85. The lowest BCUT2D eigenvalue weighted by atomic mass is 10.3. The van der Waals surface area contributed by atoms with Crippen LogP contribution in [0, 0.1) is 0 Å². The van der Waals surface area contributed by atoms with Crippen molar-refractivity contribution in [2.24, 2.45) is 0 Å². The van der Waals surface area contributed by atoms with E-state index < -0.39 is 10.1 Å². The number of fused-ring (bicyclic) bond motifs is 1. The third-order valence-corrected chi connectivity index (χ3v) is 3.22. The summed E-state index contributed by atoms with van der Waals surface area (Å²) >= 11 is 0. The van der Waals surface area contributed by atoms with E-state index in [4.69, 9.17) is 9.66 Å². The largest absolute Gasteiger partial charge is 0.396 e. The number of aryl methyl sites for hydroxylation is 1. The molecule has 3 N–H and O–H groups in total. The fourth-order valence-corrected chi connectivity index (χ4v) is 2.07. The van der Waals surface area contributed by atoms with Crippen LogP contribution in [-0.4, -0.2) is 34.7 Å². The number of hydrogen-bond donors (Lipinski definition) is 3. The van der Waals surface area contributed by atoms with Crippen molar-refractivity contribution in [1.82, 2.24) is 9.97 Å². The van der Waals surface area contributed by atoms with Crippen LogP contribution in [0.2, 0.25) is 0 Å². The second-order valence-corrected chi connectivity index (χ2v) is 5.09. The van der Waals surface area contributed by atoms with E-state index in [1.54, 1.807) is 0 Å². The van der Waals surface area contributed by atoms with Crippen molar-refractivity contribution in [3.05, 3.63) is 24.0 Å². The molecule has 0 amide bonds. The lowest BCUT2D eigenvalue weighted by molar-refractivity contribution is 0.287. The lowest BCUT2D eigenvalue weighted by Crippen LogP contribution is -1.97. The zero-order valence-electron chi connectivity index (χ0n) is 9.33. The molecule has 0 saturated heterocycles. The molecule has 0 aliphatic carbocycles. The Morgan fingerprint density at radius 3 is 2.67 bits per heavy atom. The van der Waals surface area contributed by atoms with E-state index in [0.717, 1.165) is 0 Å². The van der Waals surface area contributed by atoms with Gasteiger partial charge in [-0.15, -0.1) is 12.4 Å². The van der Waals surface area contributed by atoms with Crippen molar-refractivity contribution >= 4 is 33.6 Å². The second-order valence-electron chi connectivity index (χ2n) is 3.66. The predicted molar refractivity (Wildman–Crippen MR) is 68.6 cm³/mol. The van der Waals surface area contributed by atoms with Gasteiger partial charge in [-0.3, -0.25) is 4.55 Å². The molecule has 1 aromatic heterocycles. The average Bonchev–Trinajstić information content (AvgIpc) is 2.66. The Labute approximate surface area is 110 Å². The maximum atomic E-state index is 10.9. The molecule has 0 aliphatic heterocycles. The molecule has 0 aliphatic rings. The maximum Gasteiger partial charge on any atom is 0.294 e. The van der Waals surface area contributed by atoms with Crippen LogP contribution in [0.15, 0.2) is 23.1 Å². The number of rotatable bonds is 4. The predicted octanol–water partition coefficient (Wildman–Crippen LogP) is 1.16. The first-order valence-corrected chi connectivity index (χ1v) is 6.52. The van der Waals surface area contributed by atoms with Gasteiger partial charge in [-0.1, -0.05) is 0 Å². The van der Waals surface area contributed by atoms with Crippen LogP contribution < -0.4 is 0 Å². The summed E-state index contributed by atoms with van der Waals surface area (Å²) in [6, 6.07) is 4.16. The molecule has 8 heteroatoms. The molecule has 6 nitrogen and oxygen atoms in total. The first-order chi connectivity index (χ1) is 8.00. The summed E-state index contributed by atoms with van der Waals surface area (Å²) < 4.78 is 30.8. The number of halogens is 1. The summed E-state index contributed by atoms with van der Waals surface area (Å²) in [5.74, 6) is 0.682. The normalized spacial score (nSPS) is 11.4. The monoisotopic (exact) mass is 292 g/mol. The van der Waals surface area contributed by atoms with Gasteiger partial charge in [-0.25, -0.2) is 4.98 Å². The Kier molecular flexibility index (Phi) is 4.69. The first kappa shape index (κ1) is 14.9. The molecule has 0 bridgehead atoms. The van der Waals surface area contributed by atoms with E-state index in [-0.39, 0.29) is 23.9 Å². The van der Waals surface area contributed by atoms with Gasteiger partial charge >= 0.3 is 0 Å². The Hall–Kier alpha value is -1.15. The van der Waals surface area contributed by atoms with Crippen LogP contribution in [-0.2, 0) is 16.5 Å². The molecule has 0 spiro atoms. The van der Waals surface area contributed by atoms with Gasteiger partial charge in [0, 0.05) is 13.0 Å². The average molecular weight is 293 g/mol. The van der Waals surface area contributed by atoms with Crippen molar-refractivity contribution in [2.45, 2.75) is 17.7 Å². The van der Waals surface area contributed by atoms with Crippen molar-refractivity contribution in [3.8, 4) is 0 Å². The van der Waals surface area contributed by atoms with Gasteiger partial charge < -0.3 is 10.1 Å². The van der Waals surface area contributed by atoms with Crippen molar-refractivity contribution in [1.29, 1.82) is 0 Å². The third-order valence-electron chi connectivity index (χ3n) is 2.37. The van der Waals surface area contributed by atoms with Crippen molar-refractivity contribution in [3.63, 3.8) is 0 Å². The van der Waals surface area contributed by atoms with Crippen LogP contribution in [0.4, 0.5) is 0 Å². The summed E-state index contributed by atoms with van der Waals surface area (Å²) in [6.45, 7) is 0.0767. The molecule has 0 radical (unpaired) electrons. The lowest BCUT2D eigenvalue weighted by Gasteiger charge is -1.95. The Balaban J connectivity index is 0.00000162. The maximum absolute atomic E-state index is 10.9. The summed E-state index contributed by atoms with van der Waals surface area (Å²) in [6.07, 6.45) is 1.18. The fourth-order valence-electron chi connectivity index (χ4n) is 1.57. The van der Waals surface area contributed by atoms with E-state index in [2.05, 4.69) is 9.97 Å². The summed E-state index contributed by atoms with van der Waals surface area (Å²) in [5.41, 5.74) is 1.18. The zero-order chi connectivity index (χ0) is 12.5. The molecule has 0 fully saturated rings. The summed E-state index contributed by atoms with van der Waals surface area (Å²) in [4.78, 5) is 7.01. The van der Waals surface area contributed by atoms with Crippen LogP contribution >= 0.6 is 12.4 Å². The minimum atomic E-state index is -4.19. The highest BCUT2D eigenvalue weighted by Gasteiger charge is 2.11. The standard InChI is InChI=1S/C10H12N2O4S.ClH/c13-5-1-2-10-11-8-4-3-7(17(14,15)16)6-9(8)12-10;/h3-4,6,13H,1-2,5H2,(H,11,12)(H,14,15,16);1H. The van der Waals surface area contributed by atoms with Gasteiger partial charge in [-0.05, 0) is 24.6 Å². The Morgan fingerprint density at radius 2 is 2.06 bits per heavy atom. The molecule has 100 valence electrons. The zero-order valence-corrected chi connectivity index (χ0v) is 11.0. The number of aliphatic hydroxyl groups excluding tert-OH is 1. The molecule has 1 aromatic carbocycles. The van der Waals surface area contributed by atoms with Gasteiger partial charge in [0.25, 0.3) is 10.1 Å². The number of hydrogen-bond acceptors (Lipinski definition) is 4. The van der Waals surface area contributed by atoms with E-state index in [1.165, 1.54) is 18.2 Å². The van der Waals surface area contributed by atoms with Crippen LogP contribution in [0.1, 0.15) is 12.2 Å². The number of aliphatic hydroxyl groups is 1. The van der Waals surface area contributed by atoms with Crippen molar-refractivity contribution < 1.29 is 18.1 Å². The number of imidazole rings is 1. The van der Waals surface area contributed by atoms with Crippen LogP contribution in [0.25, 0.3) is 11.0 Å². The third kappa shape index (κ3) is 3.20. The minimum Gasteiger partial charge on any atom is -0.396 e. The molecule has 18 heavy (non-hydrogen) atoms. The number of nitrogens with zero attached hydrogens (tertiary/aromatic N) is 1. The highest BCUT2D eigenvalue weighted by atomic mass is 35.5.